The largest absolute Gasteiger partial charge is 0.337 e. The number of piperidine rings is 1. The Labute approximate surface area is 135 Å². The zero-order valence-corrected chi connectivity index (χ0v) is 13.3. The number of likely N-dealkylation sites (tertiary alicyclic amines) is 1. The monoisotopic (exact) mass is 320 g/mol. The van der Waals surface area contributed by atoms with Gasteiger partial charge in [0, 0.05) is 44.5 Å². The zero-order valence-electron chi connectivity index (χ0n) is 13.3. The average Bonchev–Trinajstić information content (AvgIpc) is 2.95. The Morgan fingerprint density at radius 1 is 1.30 bits per heavy atom. The first-order chi connectivity index (χ1) is 11.1. The molecule has 0 unspecified atom stereocenters. The van der Waals surface area contributed by atoms with E-state index in [2.05, 4.69) is 15.2 Å². The van der Waals surface area contributed by atoms with Crippen molar-refractivity contribution in [1.29, 1.82) is 0 Å². The van der Waals surface area contributed by atoms with Crippen LogP contribution in [0.25, 0.3) is 0 Å². The fourth-order valence-corrected chi connectivity index (χ4v) is 3.08. The van der Waals surface area contributed by atoms with Gasteiger partial charge < -0.3 is 9.88 Å². The molecule has 6 heteroatoms. The maximum absolute atomic E-state index is 13.8. The summed E-state index contributed by atoms with van der Waals surface area (Å²) < 4.78 is 29.6. The minimum absolute atomic E-state index is 0.166. The van der Waals surface area contributed by atoms with Gasteiger partial charge in [-0.1, -0.05) is 6.07 Å². The lowest BCUT2D eigenvalue weighted by Gasteiger charge is -2.33. The molecule has 2 heterocycles. The molecule has 3 rings (SSSR count). The average molecular weight is 320 g/mol. The summed E-state index contributed by atoms with van der Waals surface area (Å²) in [5.74, 6) is -0.926. The SMILES string of the molecule is Cn1cncc1CN[C@@H]1CCCN(Cc2c(F)cccc2F)C1. The van der Waals surface area contributed by atoms with E-state index in [0.29, 0.717) is 12.6 Å². The van der Waals surface area contributed by atoms with Crippen molar-refractivity contribution in [2.75, 3.05) is 13.1 Å². The van der Waals surface area contributed by atoms with E-state index in [0.717, 1.165) is 38.2 Å². The molecule has 0 spiro atoms. The van der Waals surface area contributed by atoms with Gasteiger partial charge in [0.2, 0.25) is 0 Å². The van der Waals surface area contributed by atoms with Gasteiger partial charge in [-0.15, -0.1) is 0 Å². The lowest BCUT2D eigenvalue weighted by atomic mass is 10.0. The topological polar surface area (TPSA) is 33.1 Å². The van der Waals surface area contributed by atoms with Gasteiger partial charge in [0.1, 0.15) is 11.6 Å². The highest BCUT2D eigenvalue weighted by molar-refractivity contribution is 5.19. The Balaban J connectivity index is 1.57. The first-order valence-electron chi connectivity index (χ1n) is 7.97. The van der Waals surface area contributed by atoms with Crippen molar-refractivity contribution >= 4 is 0 Å². The molecule has 124 valence electrons. The molecule has 1 aliphatic heterocycles. The number of nitrogens with zero attached hydrogens (tertiary/aromatic N) is 3. The van der Waals surface area contributed by atoms with E-state index in [4.69, 9.17) is 0 Å². The third-order valence-corrected chi connectivity index (χ3v) is 4.44. The number of hydrogen-bond acceptors (Lipinski definition) is 3. The minimum atomic E-state index is -0.463. The molecule has 1 saturated heterocycles. The summed E-state index contributed by atoms with van der Waals surface area (Å²) in [7, 11) is 1.97. The number of aromatic nitrogens is 2. The number of halogens is 2. The summed E-state index contributed by atoms with van der Waals surface area (Å²) in [5.41, 5.74) is 1.29. The summed E-state index contributed by atoms with van der Waals surface area (Å²) in [5, 5.41) is 3.52. The van der Waals surface area contributed by atoms with Crippen LogP contribution in [0.2, 0.25) is 0 Å². The molecule has 23 heavy (non-hydrogen) atoms. The van der Waals surface area contributed by atoms with E-state index in [1.807, 2.05) is 17.8 Å². The van der Waals surface area contributed by atoms with Gasteiger partial charge in [-0.05, 0) is 31.5 Å². The maximum atomic E-state index is 13.8. The molecular weight excluding hydrogens is 298 g/mol. The Bertz CT molecular complexity index is 636. The van der Waals surface area contributed by atoms with Crippen LogP contribution in [0.4, 0.5) is 8.78 Å². The number of benzene rings is 1. The lowest BCUT2D eigenvalue weighted by Crippen LogP contribution is -2.45. The summed E-state index contributed by atoms with van der Waals surface area (Å²) in [4.78, 5) is 6.22. The van der Waals surface area contributed by atoms with Gasteiger partial charge in [0.05, 0.1) is 12.0 Å². The lowest BCUT2D eigenvalue weighted by molar-refractivity contribution is 0.178. The van der Waals surface area contributed by atoms with Crippen LogP contribution in [0.5, 0.6) is 0 Å². The van der Waals surface area contributed by atoms with Gasteiger partial charge in [-0.2, -0.15) is 0 Å². The van der Waals surface area contributed by atoms with Crippen LogP contribution >= 0.6 is 0 Å². The Kier molecular flexibility index (Phi) is 5.03. The van der Waals surface area contributed by atoms with Crippen molar-refractivity contribution in [2.24, 2.45) is 7.05 Å². The van der Waals surface area contributed by atoms with Crippen molar-refractivity contribution in [3.8, 4) is 0 Å². The molecule has 0 radical (unpaired) electrons. The zero-order chi connectivity index (χ0) is 16.2. The predicted octanol–water partition coefficient (Wildman–Crippen LogP) is 2.45. The molecule has 1 aromatic heterocycles. The summed E-state index contributed by atoms with van der Waals surface area (Å²) in [6.45, 7) is 2.74. The highest BCUT2D eigenvalue weighted by Gasteiger charge is 2.21. The van der Waals surface area contributed by atoms with Crippen LogP contribution in [0.3, 0.4) is 0 Å². The normalized spacial score (nSPS) is 19.2. The molecule has 4 nitrogen and oxygen atoms in total. The standard InChI is InChI=1S/C17H22F2N4/c1-22-12-20-8-14(22)9-21-13-4-3-7-23(10-13)11-15-16(18)5-2-6-17(15)19/h2,5-6,8,12-13,21H,3-4,7,9-11H2,1H3/t13-/m1/s1. The molecule has 2 aromatic rings. The van der Waals surface area contributed by atoms with Crippen LogP contribution in [0, 0.1) is 11.6 Å². The fourth-order valence-electron chi connectivity index (χ4n) is 3.08. The van der Waals surface area contributed by atoms with Crippen LogP contribution < -0.4 is 5.32 Å². The molecule has 1 aromatic carbocycles. The van der Waals surface area contributed by atoms with Gasteiger partial charge >= 0.3 is 0 Å². The fraction of sp³-hybridized carbons (Fsp3) is 0.471. The number of aryl methyl sites for hydroxylation is 1. The third kappa shape index (κ3) is 3.95. The third-order valence-electron chi connectivity index (χ3n) is 4.44. The second-order valence-electron chi connectivity index (χ2n) is 6.15. The van der Waals surface area contributed by atoms with Crippen LogP contribution in [-0.2, 0) is 20.1 Å². The number of imidazole rings is 1. The number of rotatable bonds is 5. The highest BCUT2D eigenvalue weighted by Crippen LogP contribution is 2.18. The highest BCUT2D eigenvalue weighted by atomic mass is 19.1. The molecule has 0 aliphatic carbocycles. The van der Waals surface area contributed by atoms with Crippen molar-refractivity contribution in [3.05, 3.63) is 53.6 Å². The Morgan fingerprint density at radius 2 is 2.09 bits per heavy atom. The smallest absolute Gasteiger partial charge is 0.130 e. The van der Waals surface area contributed by atoms with Crippen molar-refractivity contribution in [2.45, 2.75) is 32.0 Å². The predicted molar refractivity (Wildman–Crippen MR) is 84.7 cm³/mol. The van der Waals surface area contributed by atoms with Crippen LogP contribution in [-0.4, -0.2) is 33.6 Å². The summed E-state index contributed by atoms with van der Waals surface area (Å²) >= 11 is 0. The minimum Gasteiger partial charge on any atom is -0.337 e. The molecule has 1 aliphatic rings. The molecule has 0 amide bonds. The van der Waals surface area contributed by atoms with Crippen molar-refractivity contribution in [3.63, 3.8) is 0 Å². The maximum Gasteiger partial charge on any atom is 0.130 e. The van der Waals surface area contributed by atoms with Crippen LogP contribution in [0.15, 0.2) is 30.7 Å². The first kappa shape index (κ1) is 16.1. The second-order valence-corrected chi connectivity index (χ2v) is 6.15. The Morgan fingerprint density at radius 3 is 2.78 bits per heavy atom. The molecule has 1 atom stereocenters. The van der Waals surface area contributed by atoms with E-state index in [1.54, 1.807) is 6.33 Å². The number of nitrogens with one attached hydrogen (secondary N) is 1. The summed E-state index contributed by atoms with van der Waals surface area (Å²) in [6.07, 6.45) is 5.74. The first-order valence-corrected chi connectivity index (χ1v) is 7.97. The van der Waals surface area contributed by atoms with Gasteiger partial charge in [0.25, 0.3) is 0 Å². The van der Waals surface area contributed by atoms with E-state index in [-0.39, 0.29) is 5.56 Å². The molecular formula is C17H22F2N4. The quantitative estimate of drug-likeness (QED) is 0.919. The van der Waals surface area contributed by atoms with Crippen molar-refractivity contribution < 1.29 is 8.78 Å². The van der Waals surface area contributed by atoms with E-state index >= 15 is 0 Å². The van der Waals surface area contributed by atoms with E-state index in [9.17, 15) is 8.78 Å². The molecule has 0 bridgehead atoms. The van der Waals surface area contributed by atoms with E-state index in [1.165, 1.54) is 18.2 Å². The van der Waals surface area contributed by atoms with Gasteiger partial charge in [0.15, 0.2) is 0 Å². The summed E-state index contributed by atoms with van der Waals surface area (Å²) in [6, 6.07) is 4.37. The molecule has 0 saturated carbocycles. The van der Waals surface area contributed by atoms with Crippen LogP contribution in [0.1, 0.15) is 24.1 Å². The molecule has 1 fully saturated rings. The Hall–Kier alpha value is -1.79. The van der Waals surface area contributed by atoms with E-state index < -0.39 is 11.6 Å². The molecule has 1 N–H and O–H groups in total. The van der Waals surface area contributed by atoms with Gasteiger partial charge in [-0.25, -0.2) is 13.8 Å². The number of hydrogen-bond donors (Lipinski definition) is 1. The van der Waals surface area contributed by atoms with Gasteiger partial charge in [-0.3, -0.25) is 4.90 Å². The van der Waals surface area contributed by atoms with Crippen molar-refractivity contribution in [1.82, 2.24) is 19.8 Å². The second kappa shape index (κ2) is 7.19.